The summed E-state index contributed by atoms with van der Waals surface area (Å²) in [7, 11) is 3.95. The van der Waals surface area contributed by atoms with Crippen LogP contribution in [0.3, 0.4) is 0 Å². The van der Waals surface area contributed by atoms with Crippen molar-refractivity contribution in [2.45, 2.75) is 11.3 Å². The second-order valence-electron chi connectivity index (χ2n) is 3.54. The first-order valence-electron chi connectivity index (χ1n) is 5.66. The fourth-order valence-electron chi connectivity index (χ4n) is 1.07. The molecule has 0 aliphatic heterocycles. The van der Waals surface area contributed by atoms with Gasteiger partial charge in [-0.25, -0.2) is 0 Å². The van der Waals surface area contributed by atoms with Crippen LogP contribution in [0.5, 0.6) is 0 Å². The Bertz CT molecular complexity index is 306. The Balaban J connectivity index is 2.05. The van der Waals surface area contributed by atoms with Crippen LogP contribution in [0, 0.1) is 0 Å². The highest BCUT2D eigenvalue weighted by atomic mass is 32.2. The quantitative estimate of drug-likeness (QED) is 0.542. The smallest absolute Gasteiger partial charge is 0.208 e. The van der Waals surface area contributed by atoms with Gasteiger partial charge in [-0.2, -0.15) is 0 Å². The average Bonchev–Trinajstić information content (AvgIpc) is 2.77. The second-order valence-corrected chi connectivity index (χ2v) is 5.84. The minimum absolute atomic E-state index is 0.782. The van der Waals surface area contributed by atoms with Crippen molar-refractivity contribution in [1.82, 2.24) is 15.5 Å². The van der Waals surface area contributed by atoms with Crippen LogP contribution in [-0.4, -0.2) is 56.3 Å². The topological polar surface area (TPSA) is 50.3 Å². The maximum absolute atomic E-state index is 5.23. The first kappa shape index (κ1) is 14.7. The highest BCUT2D eigenvalue weighted by Crippen LogP contribution is 2.26. The van der Waals surface area contributed by atoms with Crippen molar-refractivity contribution in [3.63, 3.8) is 0 Å². The SMILES string of the molecule is CCOCCNCCSc1nnc(N(C)C)s1. The highest BCUT2D eigenvalue weighted by molar-refractivity contribution is 8.01. The number of hydrogen-bond donors (Lipinski definition) is 1. The van der Waals surface area contributed by atoms with Crippen molar-refractivity contribution in [3.05, 3.63) is 0 Å². The first-order chi connectivity index (χ1) is 8.24. The lowest BCUT2D eigenvalue weighted by atomic mass is 10.6. The summed E-state index contributed by atoms with van der Waals surface area (Å²) < 4.78 is 6.26. The van der Waals surface area contributed by atoms with Gasteiger partial charge in [0.05, 0.1) is 6.61 Å². The maximum Gasteiger partial charge on any atom is 0.208 e. The molecule has 1 rings (SSSR count). The van der Waals surface area contributed by atoms with Crippen molar-refractivity contribution in [3.8, 4) is 0 Å². The Labute approximate surface area is 111 Å². The Kier molecular flexibility index (Phi) is 7.50. The molecule has 98 valence electrons. The molecule has 1 aromatic rings. The van der Waals surface area contributed by atoms with E-state index in [4.69, 9.17) is 4.74 Å². The van der Waals surface area contributed by atoms with Crippen LogP contribution < -0.4 is 10.2 Å². The summed E-state index contributed by atoms with van der Waals surface area (Å²) in [6.45, 7) is 5.45. The van der Waals surface area contributed by atoms with Gasteiger partial charge in [-0.1, -0.05) is 23.1 Å². The van der Waals surface area contributed by atoms with Gasteiger partial charge in [-0.3, -0.25) is 0 Å². The number of rotatable bonds is 9. The summed E-state index contributed by atoms with van der Waals surface area (Å²) in [5.41, 5.74) is 0. The molecule has 0 aromatic carbocycles. The Hall–Kier alpha value is -0.370. The summed E-state index contributed by atoms with van der Waals surface area (Å²) in [5.74, 6) is 1.01. The fourth-order valence-corrected chi connectivity index (χ4v) is 2.80. The van der Waals surface area contributed by atoms with Crippen LogP contribution in [0.1, 0.15) is 6.92 Å². The number of thioether (sulfide) groups is 1. The maximum atomic E-state index is 5.23. The number of anilines is 1. The van der Waals surface area contributed by atoms with Gasteiger partial charge in [0, 0.05) is 39.5 Å². The molecule has 0 saturated carbocycles. The number of hydrogen-bond acceptors (Lipinski definition) is 7. The van der Waals surface area contributed by atoms with Crippen LogP contribution in [0.2, 0.25) is 0 Å². The van der Waals surface area contributed by atoms with E-state index in [9.17, 15) is 0 Å². The molecule has 17 heavy (non-hydrogen) atoms. The van der Waals surface area contributed by atoms with Crippen LogP contribution in [0.25, 0.3) is 0 Å². The summed E-state index contributed by atoms with van der Waals surface area (Å²) in [4.78, 5) is 1.97. The molecule has 0 bridgehead atoms. The third-order valence-corrected chi connectivity index (χ3v) is 4.14. The largest absolute Gasteiger partial charge is 0.380 e. The van der Waals surface area contributed by atoms with Gasteiger partial charge in [-0.15, -0.1) is 10.2 Å². The molecule has 0 atom stereocenters. The third-order valence-electron chi connectivity index (χ3n) is 1.91. The van der Waals surface area contributed by atoms with Crippen molar-refractivity contribution < 1.29 is 4.74 Å². The van der Waals surface area contributed by atoms with E-state index in [1.54, 1.807) is 23.1 Å². The summed E-state index contributed by atoms with van der Waals surface area (Å²) in [6.07, 6.45) is 0. The predicted octanol–water partition coefficient (Wildman–Crippen LogP) is 1.32. The lowest BCUT2D eigenvalue weighted by Gasteiger charge is -2.04. The number of aromatic nitrogens is 2. The van der Waals surface area contributed by atoms with E-state index < -0.39 is 0 Å². The van der Waals surface area contributed by atoms with Gasteiger partial charge in [0.2, 0.25) is 5.13 Å². The molecular formula is C10H20N4OS2. The molecule has 0 aliphatic rings. The van der Waals surface area contributed by atoms with Gasteiger partial charge < -0.3 is 15.0 Å². The standard InChI is InChI=1S/C10H20N4OS2/c1-4-15-7-5-11-6-8-16-10-13-12-9(17-10)14(2)3/h11H,4-8H2,1-3H3. The Morgan fingerprint density at radius 1 is 1.35 bits per heavy atom. The van der Waals surface area contributed by atoms with E-state index in [1.807, 2.05) is 25.9 Å². The fraction of sp³-hybridized carbons (Fsp3) is 0.800. The summed E-state index contributed by atoms with van der Waals surface area (Å²) >= 11 is 3.36. The Morgan fingerprint density at radius 2 is 2.18 bits per heavy atom. The van der Waals surface area contributed by atoms with Gasteiger partial charge in [0.1, 0.15) is 0 Å². The third kappa shape index (κ3) is 6.21. The molecule has 0 unspecified atom stereocenters. The van der Waals surface area contributed by atoms with E-state index in [-0.39, 0.29) is 0 Å². The summed E-state index contributed by atoms with van der Waals surface area (Å²) in [6, 6.07) is 0. The number of nitrogens with zero attached hydrogens (tertiary/aromatic N) is 3. The van der Waals surface area contributed by atoms with Crippen molar-refractivity contribution in [2.75, 3.05) is 51.1 Å². The van der Waals surface area contributed by atoms with Gasteiger partial charge >= 0.3 is 0 Å². The minimum Gasteiger partial charge on any atom is -0.380 e. The normalized spacial score (nSPS) is 10.8. The van der Waals surface area contributed by atoms with Crippen molar-refractivity contribution in [1.29, 1.82) is 0 Å². The van der Waals surface area contributed by atoms with Crippen molar-refractivity contribution >= 4 is 28.2 Å². The van der Waals surface area contributed by atoms with Crippen LogP contribution >= 0.6 is 23.1 Å². The van der Waals surface area contributed by atoms with E-state index in [1.165, 1.54) is 0 Å². The molecule has 1 aromatic heterocycles. The predicted molar refractivity (Wildman–Crippen MR) is 74.3 cm³/mol. The highest BCUT2D eigenvalue weighted by Gasteiger charge is 2.05. The van der Waals surface area contributed by atoms with Gasteiger partial charge in [0.25, 0.3) is 0 Å². The van der Waals surface area contributed by atoms with Crippen LogP contribution in [0.4, 0.5) is 5.13 Å². The first-order valence-corrected chi connectivity index (χ1v) is 7.46. The second kappa shape index (κ2) is 8.68. The number of nitrogens with one attached hydrogen (secondary N) is 1. The van der Waals surface area contributed by atoms with Gasteiger partial charge in [0.15, 0.2) is 4.34 Å². The van der Waals surface area contributed by atoms with E-state index in [2.05, 4.69) is 15.5 Å². The molecule has 0 saturated heterocycles. The van der Waals surface area contributed by atoms with Crippen molar-refractivity contribution in [2.24, 2.45) is 0 Å². The van der Waals surface area contributed by atoms with E-state index >= 15 is 0 Å². The lowest BCUT2D eigenvalue weighted by molar-refractivity contribution is 0.150. The average molecular weight is 276 g/mol. The van der Waals surface area contributed by atoms with Crippen LogP contribution in [-0.2, 0) is 4.74 Å². The lowest BCUT2D eigenvalue weighted by Crippen LogP contribution is -2.22. The molecule has 0 fully saturated rings. The zero-order valence-corrected chi connectivity index (χ0v) is 12.2. The van der Waals surface area contributed by atoms with Crippen LogP contribution in [0.15, 0.2) is 4.34 Å². The monoisotopic (exact) mass is 276 g/mol. The zero-order chi connectivity index (χ0) is 12.5. The molecule has 0 aliphatic carbocycles. The molecular weight excluding hydrogens is 256 g/mol. The zero-order valence-electron chi connectivity index (χ0n) is 10.6. The molecule has 7 heteroatoms. The molecule has 1 N–H and O–H groups in total. The number of ether oxygens (including phenoxy) is 1. The van der Waals surface area contributed by atoms with Gasteiger partial charge in [-0.05, 0) is 6.92 Å². The van der Waals surface area contributed by atoms with E-state index in [0.29, 0.717) is 0 Å². The molecule has 1 heterocycles. The minimum atomic E-state index is 0.782. The molecule has 0 radical (unpaired) electrons. The summed E-state index contributed by atoms with van der Waals surface area (Å²) in [5, 5.41) is 12.5. The molecule has 5 nitrogen and oxygen atoms in total. The Morgan fingerprint density at radius 3 is 2.82 bits per heavy atom. The van der Waals surface area contributed by atoms with E-state index in [0.717, 1.165) is 41.5 Å². The molecule has 0 spiro atoms. The molecule has 0 amide bonds.